The number of β-lactam (4-membered cyclic amide) rings is 1. The van der Waals surface area contributed by atoms with Gasteiger partial charge in [0, 0.05) is 21.2 Å². The molecule has 1 amide bonds. The first-order valence-electron chi connectivity index (χ1n) is 9.05. The zero-order valence-electron chi connectivity index (χ0n) is 16.1. The number of Topliss-reactive ketones (excluding diaryl/α,β-unsaturated/α-hetero) is 1. The Hall–Kier alpha value is -2.35. The molecule has 2 aliphatic rings. The van der Waals surface area contributed by atoms with Crippen molar-refractivity contribution in [3.8, 4) is 5.75 Å². The Morgan fingerprint density at radius 2 is 1.73 bits per heavy atom. The summed E-state index contributed by atoms with van der Waals surface area (Å²) >= 11 is 11.9. The van der Waals surface area contributed by atoms with Crippen LogP contribution in [0.15, 0.2) is 52.9 Å². The topological polar surface area (TPSA) is 80.8 Å². The number of rotatable bonds is 4. The Bertz CT molecular complexity index is 1210. The summed E-state index contributed by atoms with van der Waals surface area (Å²) in [5.74, 6) is -1.53. The van der Waals surface area contributed by atoms with Crippen molar-refractivity contribution in [3.63, 3.8) is 0 Å². The van der Waals surface area contributed by atoms with E-state index in [2.05, 4.69) is 0 Å². The van der Waals surface area contributed by atoms with Crippen LogP contribution in [0.3, 0.4) is 0 Å². The Labute approximate surface area is 184 Å². The fourth-order valence-corrected chi connectivity index (χ4v) is 6.68. The minimum absolute atomic E-state index is 0.0637. The van der Waals surface area contributed by atoms with Gasteiger partial charge < -0.3 is 9.64 Å². The summed E-state index contributed by atoms with van der Waals surface area (Å²) < 4.78 is 32.4. The van der Waals surface area contributed by atoms with Gasteiger partial charge in [-0.1, -0.05) is 23.2 Å². The van der Waals surface area contributed by atoms with Crippen LogP contribution in [0.5, 0.6) is 5.75 Å². The first-order valence-corrected chi connectivity index (χ1v) is 11.3. The predicted molar refractivity (Wildman–Crippen MR) is 113 cm³/mol. The van der Waals surface area contributed by atoms with Gasteiger partial charge in [-0.3, -0.25) is 9.59 Å². The first-order chi connectivity index (χ1) is 14.1. The highest BCUT2D eigenvalue weighted by Gasteiger charge is 2.74. The summed E-state index contributed by atoms with van der Waals surface area (Å²) in [6, 6.07) is 10.5. The molecule has 6 nitrogen and oxygen atoms in total. The van der Waals surface area contributed by atoms with Crippen molar-refractivity contribution in [2.45, 2.75) is 16.7 Å². The highest BCUT2D eigenvalue weighted by Crippen LogP contribution is 2.51. The number of benzene rings is 2. The third-order valence-corrected chi connectivity index (χ3v) is 8.58. The smallest absolute Gasteiger partial charge is 0.231 e. The lowest BCUT2D eigenvalue weighted by Gasteiger charge is -2.49. The van der Waals surface area contributed by atoms with Gasteiger partial charge in [0.15, 0.2) is 0 Å². The molecule has 1 unspecified atom stereocenters. The maximum absolute atomic E-state index is 13.5. The molecule has 30 heavy (non-hydrogen) atoms. The van der Waals surface area contributed by atoms with E-state index in [0.717, 1.165) is 4.90 Å². The number of hydrogen-bond acceptors (Lipinski definition) is 5. The van der Waals surface area contributed by atoms with Gasteiger partial charge in [-0.15, -0.1) is 0 Å². The molecule has 2 aromatic carbocycles. The fraction of sp³-hybridized carbons (Fsp3) is 0.238. The van der Waals surface area contributed by atoms with Crippen LogP contribution in [0.25, 0.3) is 6.08 Å². The predicted octanol–water partition coefficient (Wildman–Crippen LogP) is 3.62. The molecule has 0 aromatic heterocycles. The molecule has 0 N–H and O–H groups in total. The number of carbonyl (C=O) groups is 2. The van der Waals surface area contributed by atoms with E-state index in [4.69, 9.17) is 27.9 Å². The molecule has 0 bridgehead atoms. The Balaban J connectivity index is 1.85. The van der Waals surface area contributed by atoms with E-state index in [-0.39, 0.29) is 22.9 Å². The zero-order chi connectivity index (χ0) is 21.8. The molecule has 2 fully saturated rings. The van der Waals surface area contributed by atoms with Crippen LogP contribution >= 0.6 is 23.2 Å². The Kier molecular flexibility index (Phi) is 4.96. The third-order valence-electron chi connectivity index (χ3n) is 5.62. The van der Waals surface area contributed by atoms with Gasteiger partial charge in [0.2, 0.25) is 26.4 Å². The van der Waals surface area contributed by atoms with Crippen molar-refractivity contribution >= 4 is 50.8 Å². The second-order valence-corrected chi connectivity index (χ2v) is 10.2. The van der Waals surface area contributed by atoms with Crippen molar-refractivity contribution in [1.82, 2.24) is 4.90 Å². The van der Waals surface area contributed by atoms with E-state index < -0.39 is 26.4 Å². The molecule has 2 saturated heterocycles. The molecule has 0 radical (unpaired) electrons. The van der Waals surface area contributed by atoms with Crippen LogP contribution in [0.2, 0.25) is 10.0 Å². The van der Waals surface area contributed by atoms with E-state index in [9.17, 15) is 18.0 Å². The number of halogens is 2. The lowest BCUT2D eigenvalue weighted by molar-refractivity contribution is -0.159. The SMILES string of the molecule is COc1ccc(Cl)cc1C=C1CN2C(=O)[C@H](C)C2(S(=O)(=O)c2ccc(Cl)cc2)C1=O. The normalized spacial score (nSPS) is 24.7. The summed E-state index contributed by atoms with van der Waals surface area (Å²) in [4.78, 5) is 25.1. The second-order valence-electron chi connectivity index (χ2n) is 7.18. The van der Waals surface area contributed by atoms with Gasteiger partial charge in [-0.2, -0.15) is 0 Å². The zero-order valence-corrected chi connectivity index (χ0v) is 18.4. The number of carbonyl (C=O) groups excluding carboxylic acids is 2. The number of amides is 1. The molecule has 2 aliphatic heterocycles. The highest BCUT2D eigenvalue weighted by molar-refractivity contribution is 7.93. The summed E-state index contributed by atoms with van der Waals surface area (Å²) in [7, 11) is -2.72. The summed E-state index contributed by atoms with van der Waals surface area (Å²) in [6.07, 6.45) is 1.53. The molecule has 2 heterocycles. The van der Waals surface area contributed by atoms with Crippen LogP contribution in [-0.4, -0.2) is 43.5 Å². The summed E-state index contributed by atoms with van der Waals surface area (Å²) in [6.45, 7) is 1.36. The van der Waals surface area contributed by atoms with Crippen LogP contribution in [0.4, 0.5) is 0 Å². The molecular weight excluding hydrogens is 449 g/mol. The number of fused-ring (bicyclic) bond motifs is 1. The van der Waals surface area contributed by atoms with E-state index in [1.807, 2.05) is 0 Å². The van der Waals surface area contributed by atoms with Crippen LogP contribution in [0.1, 0.15) is 12.5 Å². The van der Waals surface area contributed by atoms with Crippen molar-refractivity contribution in [3.05, 3.63) is 63.6 Å². The lowest BCUT2D eigenvalue weighted by Crippen LogP contribution is -2.73. The van der Waals surface area contributed by atoms with Crippen molar-refractivity contribution in [1.29, 1.82) is 0 Å². The van der Waals surface area contributed by atoms with Gasteiger partial charge >= 0.3 is 0 Å². The Morgan fingerprint density at radius 3 is 2.37 bits per heavy atom. The lowest BCUT2D eigenvalue weighted by atomic mass is 9.87. The molecule has 0 saturated carbocycles. The number of ether oxygens (including phenoxy) is 1. The molecule has 156 valence electrons. The average Bonchev–Trinajstić information content (AvgIpc) is 2.98. The van der Waals surface area contributed by atoms with E-state index in [1.165, 1.54) is 44.4 Å². The molecule has 0 aliphatic carbocycles. The first kappa shape index (κ1) is 20.9. The van der Waals surface area contributed by atoms with Crippen molar-refractivity contribution < 1.29 is 22.7 Å². The molecule has 2 atom stereocenters. The monoisotopic (exact) mass is 465 g/mol. The number of methoxy groups -OCH3 is 1. The van der Waals surface area contributed by atoms with Gasteiger partial charge in [-0.25, -0.2) is 8.42 Å². The molecule has 9 heteroatoms. The van der Waals surface area contributed by atoms with E-state index >= 15 is 0 Å². The van der Waals surface area contributed by atoms with E-state index in [0.29, 0.717) is 21.4 Å². The summed E-state index contributed by atoms with van der Waals surface area (Å²) in [5.41, 5.74) is 0.723. The average molecular weight is 466 g/mol. The van der Waals surface area contributed by atoms with Gasteiger partial charge in [0.05, 0.1) is 24.5 Å². The fourth-order valence-electron chi connectivity index (χ4n) is 4.13. The maximum atomic E-state index is 13.5. The molecular formula is C21H17Cl2NO5S. The largest absolute Gasteiger partial charge is 0.496 e. The van der Waals surface area contributed by atoms with Gasteiger partial charge in [0.25, 0.3) is 0 Å². The highest BCUT2D eigenvalue weighted by atomic mass is 35.5. The number of nitrogens with zero attached hydrogens (tertiary/aromatic N) is 1. The van der Waals surface area contributed by atoms with Gasteiger partial charge in [0.1, 0.15) is 5.75 Å². The van der Waals surface area contributed by atoms with Gasteiger partial charge in [-0.05, 0) is 55.5 Å². The molecule has 4 rings (SSSR count). The second kappa shape index (κ2) is 7.11. The molecule has 2 aromatic rings. The van der Waals surface area contributed by atoms with E-state index in [1.54, 1.807) is 18.2 Å². The summed E-state index contributed by atoms with van der Waals surface area (Å²) in [5, 5.41) is 0.803. The van der Waals surface area contributed by atoms with Crippen molar-refractivity contribution in [2.24, 2.45) is 5.92 Å². The number of sulfone groups is 1. The van der Waals surface area contributed by atoms with Crippen molar-refractivity contribution in [2.75, 3.05) is 13.7 Å². The van der Waals surface area contributed by atoms with Crippen LogP contribution < -0.4 is 4.74 Å². The number of ketones is 1. The van der Waals surface area contributed by atoms with Crippen LogP contribution in [-0.2, 0) is 19.4 Å². The standard InChI is InChI=1S/C21H17Cl2NO5S/c1-12-20(26)24-11-14(9-13-10-16(23)5-8-18(13)29-2)19(25)21(12,24)30(27,28)17-6-3-15(22)4-7-17/h3-10,12H,11H2,1-2H3/t12-,21?/m0/s1. The Morgan fingerprint density at radius 1 is 1.10 bits per heavy atom. The third kappa shape index (κ3) is 2.72. The maximum Gasteiger partial charge on any atom is 0.231 e. The quantitative estimate of drug-likeness (QED) is 0.508. The van der Waals surface area contributed by atoms with Crippen LogP contribution in [0, 0.1) is 5.92 Å². The minimum Gasteiger partial charge on any atom is -0.496 e. The molecule has 0 spiro atoms. The number of hydrogen-bond donors (Lipinski definition) is 0. The minimum atomic E-state index is -4.20.